The van der Waals surface area contributed by atoms with Crippen molar-refractivity contribution in [1.82, 2.24) is 10.3 Å². The van der Waals surface area contributed by atoms with Crippen LogP contribution in [0.2, 0.25) is 0 Å². The maximum absolute atomic E-state index is 14.6. The van der Waals surface area contributed by atoms with Gasteiger partial charge in [0.25, 0.3) is 0 Å². The van der Waals surface area contributed by atoms with Crippen molar-refractivity contribution in [1.29, 1.82) is 0 Å². The van der Waals surface area contributed by atoms with Crippen molar-refractivity contribution < 1.29 is 32.5 Å². The average molecular weight is 432 g/mol. The molecule has 0 unspecified atom stereocenters. The molecule has 2 heterocycles. The first-order chi connectivity index (χ1) is 14.9. The van der Waals surface area contributed by atoms with Crippen LogP contribution in [-0.2, 0) is 13.2 Å². The van der Waals surface area contributed by atoms with E-state index in [1.807, 2.05) is 0 Å². The van der Waals surface area contributed by atoms with Crippen LogP contribution in [0.4, 0.5) is 13.2 Å². The molecular weight excluding hydrogens is 413 g/mol. The van der Waals surface area contributed by atoms with E-state index < -0.39 is 6.29 Å². The fourth-order valence-corrected chi connectivity index (χ4v) is 3.94. The summed E-state index contributed by atoms with van der Waals surface area (Å²) in [5.74, 6) is -0.0333. The van der Waals surface area contributed by atoms with E-state index >= 15 is 0 Å². The zero-order chi connectivity index (χ0) is 21.6. The molecule has 3 aromatic rings. The summed E-state index contributed by atoms with van der Waals surface area (Å²) in [6, 6.07) is 7.55. The van der Waals surface area contributed by atoms with Crippen LogP contribution >= 0.6 is 0 Å². The Bertz CT molecular complexity index is 1140. The summed E-state index contributed by atoms with van der Waals surface area (Å²) in [5.41, 5.74) is 1.03. The van der Waals surface area contributed by atoms with E-state index in [-0.39, 0.29) is 36.1 Å². The molecule has 0 saturated heterocycles. The van der Waals surface area contributed by atoms with E-state index in [0.29, 0.717) is 36.3 Å². The minimum absolute atomic E-state index is 0.0258. The highest BCUT2D eigenvalue weighted by Crippen LogP contribution is 2.43. The molecule has 0 bridgehead atoms. The molecule has 1 aliphatic carbocycles. The summed E-state index contributed by atoms with van der Waals surface area (Å²) in [6.45, 7) is 0.0700. The third kappa shape index (κ3) is 3.86. The first kappa shape index (κ1) is 19.9. The third-order valence-corrected chi connectivity index (χ3v) is 5.59. The highest BCUT2D eigenvalue weighted by atomic mass is 19.3. The van der Waals surface area contributed by atoms with Gasteiger partial charge in [-0.1, -0.05) is 0 Å². The van der Waals surface area contributed by atoms with Crippen LogP contribution in [0.5, 0.6) is 17.2 Å². The van der Waals surface area contributed by atoms with Crippen molar-refractivity contribution >= 4 is 10.8 Å². The third-order valence-electron chi connectivity index (χ3n) is 5.59. The van der Waals surface area contributed by atoms with Crippen molar-refractivity contribution in [2.24, 2.45) is 0 Å². The van der Waals surface area contributed by atoms with E-state index in [1.54, 1.807) is 24.5 Å². The number of ether oxygens (including phenoxy) is 3. The van der Waals surface area contributed by atoms with Crippen LogP contribution in [0, 0.1) is 5.82 Å². The summed E-state index contributed by atoms with van der Waals surface area (Å²) < 4.78 is 55.5. The highest BCUT2D eigenvalue weighted by Gasteiger charge is 2.43. The first-order valence-electron chi connectivity index (χ1n) is 9.86. The van der Waals surface area contributed by atoms with Crippen molar-refractivity contribution in [2.45, 2.75) is 44.4 Å². The smallest absolute Gasteiger partial charge is 0.490 e. The summed E-state index contributed by atoms with van der Waals surface area (Å²) in [6.07, 6.45) is 0.873. The van der Waals surface area contributed by atoms with Crippen molar-refractivity contribution in [3.05, 3.63) is 59.7 Å². The Morgan fingerprint density at radius 1 is 1.13 bits per heavy atom. The van der Waals surface area contributed by atoms with E-state index in [0.717, 1.165) is 10.8 Å². The van der Waals surface area contributed by atoms with Gasteiger partial charge in [0.2, 0.25) is 0 Å². The first-order valence-corrected chi connectivity index (χ1v) is 9.86. The molecular formula is C22H19F3N2O4. The van der Waals surface area contributed by atoms with Crippen molar-refractivity contribution in [2.75, 3.05) is 0 Å². The van der Waals surface area contributed by atoms with Gasteiger partial charge >= 0.3 is 6.29 Å². The number of hydrogen-bond acceptors (Lipinski definition) is 6. The average Bonchev–Trinajstić information content (AvgIpc) is 3.03. The molecule has 1 aromatic heterocycles. The Kier molecular flexibility index (Phi) is 4.86. The Morgan fingerprint density at radius 3 is 2.74 bits per heavy atom. The fraction of sp³-hybridized carbons (Fsp3) is 0.318. The second kappa shape index (κ2) is 7.58. The number of alkyl halides is 2. The molecule has 9 heteroatoms. The second-order valence-corrected chi connectivity index (χ2v) is 7.64. The quantitative estimate of drug-likeness (QED) is 0.616. The van der Waals surface area contributed by atoms with Gasteiger partial charge < -0.3 is 24.6 Å². The molecule has 162 valence electrons. The van der Waals surface area contributed by atoms with Crippen LogP contribution in [0.1, 0.15) is 24.0 Å². The Hall–Kier alpha value is -3.04. The summed E-state index contributed by atoms with van der Waals surface area (Å²) in [5, 5.41) is 14.2. The zero-order valence-corrected chi connectivity index (χ0v) is 16.3. The van der Waals surface area contributed by atoms with E-state index in [4.69, 9.17) is 4.74 Å². The van der Waals surface area contributed by atoms with Gasteiger partial charge in [0, 0.05) is 42.0 Å². The molecule has 0 amide bonds. The van der Waals surface area contributed by atoms with E-state index in [9.17, 15) is 18.3 Å². The van der Waals surface area contributed by atoms with Crippen molar-refractivity contribution in [3.63, 3.8) is 0 Å². The number of halogens is 3. The molecule has 0 spiro atoms. The number of nitrogens with zero attached hydrogens (tertiary/aromatic N) is 1. The molecule has 1 saturated carbocycles. The zero-order valence-electron chi connectivity index (χ0n) is 16.3. The maximum Gasteiger partial charge on any atom is 0.586 e. The summed E-state index contributed by atoms with van der Waals surface area (Å²) in [4.78, 5) is 4.07. The molecule has 0 radical (unpaired) electrons. The van der Waals surface area contributed by atoms with Crippen LogP contribution < -0.4 is 19.5 Å². The van der Waals surface area contributed by atoms with Gasteiger partial charge in [-0.3, -0.25) is 4.98 Å². The van der Waals surface area contributed by atoms with Crippen LogP contribution in [-0.4, -0.2) is 28.5 Å². The van der Waals surface area contributed by atoms with Crippen LogP contribution in [0.25, 0.3) is 10.8 Å². The lowest BCUT2D eigenvalue weighted by atomic mass is 9.88. The van der Waals surface area contributed by atoms with Gasteiger partial charge in [-0.25, -0.2) is 4.39 Å². The van der Waals surface area contributed by atoms with Gasteiger partial charge in [0.1, 0.15) is 17.7 Å². The molecule has 5 rings (SSSR count). The predicted octanol–water partition coefficient (Wildman–Crippen LogP) is 3.89. The predicted molar refractivity (Wildman–Crippen MR) is 105 cm³/mol. The minimum atomic E-state index is -3.66. The minimum Gasteiger partial charge on any atom is -0.490 e. The Morgan fingerprint density at radius 2 is 1.94 bits per heavy atom. The highest BCUT2D eigenvalue weighted by molar-refractivity contribution is 5.88. The lowest BCUT2D eigenvalue weighted by Crippen LogP contribution is -2.46. The number of benzene rings is 2. The summed E-state index contributed by atoms with van der Waals surface area (Å²) in [7, 11) is 0. The number of fused-ring (bicyclic) bond motifs is 2. The summed E-state index contributed by atoms with van der Waals surface area (Å²) >= 11 is 0. The lowest BCUT2D eigenvalue weighted by Gasteiger charge is -2.36. The van der Waals surface area contributed by atoms with Crippen molar-refractivity contribution in [3.8, 4) is 17.2 Å². The molecule has 2 aromatic carbocycles. The maximum atomic E-state index is 14.6. The molecule has 0 atom stereocenters. The Balaban J connectivity index is 1.19. The molecule has 31 heavy (non-hydrogen) atoms. The number of rotatable bonds is 6. The Labute approximate surface area is 175 Å². The molecule has 2 aliphatic rings. The normalized spacial score (nSPS) is 21.2. The number of aliphatic hydroxyl groups excluding tert-OH is 1. The molecule has 1 fully saturated rings. The lowest BCUT2D eigenvalue weighted by molar-refractivity contribution is -0.286. The van der Waals surface area contributed by atoms with Gasteiger partial charge in [0.15, 0.2) is 11.5 Å². The number of aromatic nitrogens is 1. The monoisotopic (exact) mass is 432 g/mol. The van der Waals surface area contributed by atoms with Crippen LogP contribution in [0.15, 0.2) is 42.7 Å². The van der Waals surface area contributed by atoms with E-state index in [2.05, 4.69) is 19.8 Å². The topological polar surface area (TPSA) is 72.8 Å². The number of hydrogen-bond donors (Lipinski definition) is 2. The number of pyridine rings is 1. The second-order valence-electron chi connectivity index (χ2n) is 7.64. The standard InChI is InChI=1S/C22H19F3N2O4/c23-19-5-12(11-28)17-9-26-4-3-16(17)18(19)10-27-13-6-15(7-13)29-14-1-2-20-21(8-14)31-22(24,25)30-20/h1-5,8-9,13,15,27-28H,6-7,10-11H2/t13-,15-. The van der Waals surface area contributed by atoms with Crippen LogP contribution in [0.3, 0.4) is 0 Å². The van der Waals surface area contributed by atoms with Gasteiger partial charge in [-0.2, -0.15) is 0 Å². The number of aliphatic hydroxyl groups is 1. The molecule has 2 N–H and O–H groups in total. The fourth-order valence-electron chi connectivity index (χ4n) is 3.94. The molecule has 1 aliphatic heterocycles. The van der Waals surface area contributed by atoms with E-state index in [1.165, 1.54) is 18.2 Å². The van der Waals surface area contributed by atoms with Gasteiger partial charge in [-0.05, 0) is 48.1 Å². The largest absolute Gasteiger partial charge is 0.586 e. The number of nitrogens with one attached hydrogen (secondary N) is 1. The SMILES string of the molecule is OCc1cc(F)c(CN[C@H]2C[C@H](Oc3ccc4c(c3)OC(F)(F)O4)C2)c2ccncc12. The van der Waals surface area contributed by atoms with Gasteiger partial charge in [0.05, 0.1) is 6.61 Å². The molecule has 6 nitrogen and oxygen atoms in total. The van der Waals surface area contributed by atoms with Gasteiger partial charge in [-0.15, -0.1) is 8.78 Å².